The molecule has 0 radical (unpaired) electrons. The first-order valence-electron chi connectivity index (χ1n) is 17.8. The molecule has 0 atom stereocenters. The molecule has 2 nitrogen and oxygen atoms in total. The number of furan rings is 2. The molecular weight excluding hydrogens is 633 g/mol. The van der Waals surface area contributed by atoms with Gasteiger partial charge in [0.2, 0.25) is 0 Å². The van der Waals surface area contributed by atoms with Crippen molar-refractivity contribution in [2.75, 3.05) is 0 Å². The molecule has 52 heavy (non-hydrogen) atoms. The Morgan fingerprint density at radius 2 is 0.731 bits per heavy atom. The Hall–Kier alpha value is -6.90. The van der Waals surface area contributed by atoms with Crippen LogP contribution >= 0.6 is 0 Å². The van der Waals surface area contributed by atoms with Crippen molar-refractivity contribution in [1.82, 2.24) is 0 Å². The zero-order valence-corrected chi connectivity index (χ0v) is 28.1. The fraction of sp³-hybridized carbons (Fsp3) is 0. The largest absolute Gasteiger partial charge is 0.456 e. The van der Waals surface area contributed by atoms with E-state index in [0.29, 0.717) is 0 Å². The third kappa shape index (κ3) is 4.25. The summed E-state index contributed by atoms with van der Waals surface area (Å²) < 4.78 is 12.9. The van der Waals surface area contributed by atoms with Crippen LogP contribution in [0.5, 0.6) is 0 Å². The molecule has 0 aliphatic rings. The lowest BCUT2D eigenvalue weighted by Gasteiger charge is -2.23. The van der Waals surface area contributed by atoms with Crippen LogP contribution in [-0.4, -0.2) is 0 Å². The van der Waals surface area contributed by atoms with Crippen molar-refractivity contribution in [3.8, 4) is 44.5 Å². The minimum atomic E-state index is 0.883. The van der Waals surface area contributed by atoms with Gasteiger partial charge >= 0.3 is 0 Å². The average Bonchev–Trinajstić information content (AvgIpc) is 3.78. The van der Waals surface area contributed by atoms with Gasteiger partial charge < -0.3 is 8.83 Å². The topological polar surface area (TPSA) is 26.3 Å². The fourth-order valence-electron chi connectivity index (χ4n) is 8.48. The highest BCUT2D eigenvalue weighted by Gasteiger charge is 2.26. The van der Waals surface area contributed by atoms with Crippen LogP contribution < -0.4 is 0 Å². The van der Waals surface area contributed by atoms with Crippen molar-refractivity contribution in [1.29, 1.82) is 0 Å². The second-order valence-electron chi connectivity index (χ2n) is 13.5. The molecule has 2 aromatic heterocycles. The van der Waals surface area contributed by atoms with E-state index >= 15 is 0 Å². The SMILES string of the molecule is c1ccc(-c2cc3oc4ccccc4c3c(-c3ccccc3)c2-c2c3ccccc3c(-c3ccc4oc5ccccc5c4c3)c3ccccc23)cc1. The minimum absolute atomic E-state index is 0.883. The predicted molar refractivity (Wildman–Crippen MR) is 218 cm³/mol. The number of rotatable bonds is 4. The Labute approximate surface area is 299 Å². The van der Waals surface area contributed by atoms with Crippen LogP contribution in [0.3, 0.4) is 0 Å². The Balaban J connectivity index is 1.34. The van der Waals surface area contributed by atoms with Gasteiger partial charge in [-0.25, -0.2) is 0 Å². The summed E-state index contributed by atoms with van der Waals surface area (Å²) in [5, 5.41) is 9.32. The molecule has 0 saturated carbocycles. The third-order valence-corrected chi connectivity index (χ3v) is 10.7. The summed E-state index contributed by atoms with van der Waals surface area (Å²) in [5.74, 6) is 0. The molecule has 0 unspecified atom stereocenters. The van der Waals surface area contributed by atoms with Crippen LogP contribution in [-0.2, 0) is 0 Å². The highest BCUT2D eigenvalue weighted by molar-refractivity contribution is 6.27. The van der Waals surface area contributed by atoms with E-state index in [9.17, 15) is 0 Å². The molecule has 9 aromatic carbocycles. The lowest BCUT2D eigenvalue weighted by molar-refractivity contribution is 0.668. The number of benzene rings is 9. The van der Waals surface area contributed by atoms with Crippen LogP contribution in [0.4, 0.5) is 0 Å². The summed E-state index contributed by atoms with van der Waals surface area (Å²) in [5.41, 5.74) is 13.0. The molecule has 0 aliphatic carbocycles. The molecular formula is C50H30O2. The molecule has 0 amide bonds. The second-order valence-corrected chi connectivity index (χ2v) is 13.5. The molecule has 11 rings (SSSR count). The lowest BCUT2D eigenvalue weighted by atomic mass is 9.79. The quantitative estimate of drug-likeness (QED) is 0.175. The first-order valence-corrected chi connectivity index (χ1v) is 17.8. The zero-order valence-electron chi connectivity index (χ0n) is 28.1. The predicted octanol–water partition coefficient (Wildman–Crippen LogP) is 14.5. The average molecular weight is 663 g/mol. The van der Waals surface area contributed by atoms with Gasteiger partial charge in [0.15, 0.2) is 0 Å². The molecule has 0 spiro atoms. The highest BCUT2D eigenvalue weighted by atomic mass is 16.3. The summed E-state index contributed by atoms with van der Waals surface area (Å²) in [7, 11) is 0. The van der Waals surface area contributed by atoms with E-state index in [1.807, 2.05) is 12.1 Å². The van der Waals surface area contributed by atoms with E-state index in [-0.39, 0.29) is 0 Å². The van der Waals surface area contributed by atoms with Gasteiger partial charge in [-0.1, -0.05) is 152 Å². The van der Waals surface area contributed by atoms with Crippen molar-refractivity contribution in [3.05, 3.63) is 182 Å². The van der Waals surface area contributed by atoms with E-state index in [2.05, 4.69) is 170 Å². The van der Waals surface area contributed by atoms with Gasteiger partial charge in [-0.2, -0.15) is 0 Å². The maximum atomic E-state index is 6.67. The van der Waals surface area contributed by atoms with Crippen molar-refractivity contribution < 1.29 is 8.83 Å². The van der Waals surface area contributed by atoms with E-state index in [4.69, 9.17) is 8.83 Å². The Bertz CT molecular complexity index is 3110. The maximum Gasteiger partial charge on any atom is 0.136 e. The number of hydrogen-bond donors (Lipinski definition) is 0. The Kier molecular flexibility index (Phi) is 6.28. The molecule has 0 bridgehead atoms. The van der Waals surface area contributed by atoms with Crippen molar-refractivity contribution >= 4 is 65.4 Å². The summed E-state index contributed by atoms with van der Waals surface area (Å²) in [6.07, 6.45) is 0. The summed E-state index contributed by atoms with van der Waals surface area (Å²) in [6.45, 7) is 0. The molecule has 0 saturated heterocycles. The summed E-state index contributed by atoms with van der Waals surface area (Å²) >= 11 is 0. The molecule has 242 valence electrons. The summed E-state index contributed by atoms with van der Waals surface area (Å²) in [4.78, 5) is 0. The van der Waals surface area contributed by atoms with Gasteiger partial charge in [-0.15, -0.1) is 0 Å². The lowest BCUT2D eigenvalue weighted by Crippen LogP contribution is -1.96. The molecule has 2 heterocycles. The smallest absolute Gasteiger partial charge is 0.136 e. The molecule has 0 N–H and O–H groups in total. The van der Waals surface area contributed by atoms with Crippen LogP contribution in [0.25, 0.3) is 110 Å². The Morgan fingerprint density at radius 3 is 1.38 bits per heavy atom. The highest BCUT2D eigenvalue weighted by Crippen LogP contribution is 2.53. The normalized spacial score (nSPS) is 11.8. The van der Waals surface area contributed by atoms with Crippen molar-refractivity contribution in [3.63, 3.8) is 0 Å². The fourth-order valence-corrected chi connectivity index (χ4v) is 8.48. The van der Waals surface area contributed by atoms with Crippen LogP contribution in [0, 0.1) is 0 Å². The molecule has 11 aromatic rings. The van der Waals surface area contributed by atoms with Gasteiger partial charge in [-0.3, -0.25) is 0 Å². The summed E-state index contributed by atoms with van der Waals surface area (Å²) in [6, 6.07) is 65.1. The van der Waals surface area contributed by atoms with Gasteiger partial charge in [-0.05, 0) is 90.8 Å². The van der Waals surface area contributed by atoms with Gasteiger partial charge in [0, 0.05) is 27.1 Å². The number of para-hydroxylation sites is 2. The van der Waals surface area contributed by atoms with Crippen LogP contribution in [0.15, 0.2) is 191 Å². The van der Waals surface area contributed by atoms with E-state index < -0.39 is 0 Å². The third-order valence-electron chi connectivity index (χ3n) is 10.7. The van der Waals surface area contributed by atoms with Crippen molar-refractivity contribution in [2.24, 2.45) is 0 Å². The van der Waals surface area contributed by atoms with Gasteiger partial charge in [0.05, 0.1) is 0 Å². The first kappa shape index (κ1) is 28.9. The Morgan fingerprint density at radius 1 is 0.250 bits per heavy atom. The van der Waals surface area contributed by atoms with Gasteiger partial charge in [0.25, 0.3) is 0 Å². The van der Waals surface area contributed by atoms with E-state index in [1.54, 1.807) is 0 Å². The van der Waals surface area contributed by atoms with Crippen LogP contribution in [0.2, 0.25) is 0 Å². The number of fused-ring (bicyclic) bond motifs is 8. The second kappa shape index (κ2) is 11.3. The molecule has 0 fully saturated rings. The zero-order chi connectivity index (χ0) is 34.2. The monoisotopic (exact) mass is 662 g/mol. The number of hydrogen-bond acceptors (Lipinski definition) is 2. The van der Waals surface area contributed by atoms with Crippen molar-refractivity contribution in [2.45, 2.75) is 0 Å². The van der Waals surface area contributed by atoms with Crippen LogP contribution in [0.1, 0.15) is 0 Å². The molecule has 2 heteroatoms. The molecule has 0 aliphatic heterocycles. The first-order chi connectivity index (χ1) is 25.8. The van der Waals surface area contributed by atoms with E-state index in [1.165, 1.54) is 49.4 Å². The standard InChI is InChI=1S/C50H30O2/c1-3-15-31(16-4-1)40-30-45-49(39-24-12-14-26-43(39)52-45)47(32-17-5-2-6-18-32)50(40)48-37-22-9-7-20-35(37)46(36-21-8-10-23-38(36)48)33-27-28-44-41(29-33)34-19-11-13-25-42(34)51-44/h1-30H. The van der Waals surface area contributed by atoms with Gasteiger partial charge in [0.1, 0.15) is 22.3 Å². The maximum absolute atomic E-state index is 6.67. The van der Waals surface area contributed by atoms with E-state index in [0.717, 1.165) is 60.6 Å². The minimum Gasteiger partial charge on any atom is -0.456 e.